The molecule has 1 aliphatic heterocycles. The number of hydrogen-bond acceptors (Lipinski definition) is 2. The minimum absolute atomic E-state index is 0.345. The van der Waals surface area contributed by atoms with Crippen molar-refractivity contribution >= 4 is 0 Å². The quantitative estimate of drug-likeness (QED) is 0.842. The zero-order valence-corrected chi connectivity index (χ0v) is 10.9. The Bertz CT molecular complexity index is 325. The third kappa shape index (κ3) is 3.30. The fourth-order valence-electron chi connectivity index (χ4n) is 2.53. The van der Waals surface area contributed by atoms with Gasteiger partial charge in [0.1, 0.15) is 0 Å². The van der Waals surface area contributed by atoms with Gasteiger partial charge in [0, 0.05) is 18.7 Å². The lowest BCUT2D eigenvalue weighted by atomic mass is 10.00. The summed E-state index contributed by atoms with van der Waals surface area (Å²) in [5.74, 6) is 0. The first-order chi connectivity index (χ1) is 8.31. The van der Waals surface area contributed by atoms with Crippen molar-refractivity contribution in [1.82, 2.24) is 5.32 Å². The van der Waals surface area contributed by atoms with Gasteiger partial charge in [0.05, 0.1) is 6.10 Å². The molecule has 1 aromatic rings. The van der Waals surface area contributed by atoms with Gasteiger partial charge in [-0.2, -0.15) is 0 Å². The molecule has 0 amide bonds. The second kappa shape index (κ2) is 6.18. The van der Waals surface area contributed by atoms with Crippen molar-refractivity contribution in [3.63, 3.8) is 0 Å². The van der Waals surface area contributed by atoms with Gasteiger partial charge in [-0.3, -0.25) is 0 Å². The van der Waals surface area contributed by atoms with E-state index >= 15 is 0 Å². The topological polar surface area (TPSA) is 21.3 Å². The van der Waals surface area contributed by atoms with Crippen LogP contribution in [0, 0.1) is 0 Å². The zero-order valence-electron chi connectivity index (χ0n) is 10.9. The first-order valence-corrected chi connectivity index (χ1v) is 6.74. The number of rotatable bonds is 5. The molecule has 0 aromatic heterocycles. The summed E-state index contributed by atoms with van der Waals surface area (Å²) in [5, 5.41) is 3.76. The summed E-state index contributed by atoms with van der Waals surface area (Å²) in [7, 11) is 0. The summed E-state index contributed by atoms with van der Waals surface area (Å²) < 4.78 is 5.62. The molecule has 2 heteroatoms. The van der Waals surface area contributed by atoms with E-state index in [-0.39, 0.29) is 0 Å². The molecule has 1 N–H and O–H groups in total. The molecule has 2 rings (SSSR count). The Balaban J connectivity index is 2.02. The van der Waals surface area contributed by atoms with Gasteiger partial charge in [-0.1, -0.05) is 43.7 Å². The van der Waals surface area contributed by atoms with E-state index in [9.17, 15) is 0 Å². The highest BCUT2D eigenvalue weighted by atomic mass is 16.5. The SMILES string of the molecule is CCCC(NC1CCOC1C)c1ccccc1. The summed E-state index contributed by atoms with van der Waals surface area (Å²) in [4.78, 5) is 0. The number of benzene rings is 1. The molecule has 1 heterocycles. The molecule has 3 atom stereocenters. The number of ether oxygens (including phenoxy) is 1. The van der Waals surface area contributed by atoms with Gasteiger partial charge in [0.25, 0.3) is 0 Å². The van der Waals surface area contributed by atoms with E-state index in [0.29, 0.717) is 18.2 Å². The van der Waals surface area contributed by atoms with Crippen molar-refractivity contribution in [2.75, 3.05) is 6.61 Å². The Morgan fingerprint density at radius 2 is 2.12 bits per heavy atom. The van der Waals surface area contributed by atoms with Crippen molar-refractivity contribution in [1.29, 1.82) is 0 Å². The summed E-state index contributed by atoms with van der Waals surface area (Å²) >= 11 is 0. The van der Waals surface area contributed by atoms with E-state index in [0.717, 1.165) is 13.0 Å². The standard InChI is InChI=1S/C15H23NO/c1-3-7-15(13-8-5-4-6-9-13)16-14-10-11-17-12(14)2/h4-6,8-9,12,14-16H,3,7,10-11H2,1-2H3. The predicted molar refractivity (Wildman–Crippen MR) is 71.0 cm³/mol. The van der Waals surface area contributed by atoms with Crippen molar-refractivity contribution in [2.45, 2.75) is 51.3 Å². The highest BCUT2D eigenvalue weighted by molar-refractivity contribution is 5.19. The monoisotopic (exact) mass is 233 g/mol. The minimum Gasteiger partial charge on any atom is -0.377 e. The third-order valence-corrected chi connectivity index (χ3v) is 3.57. The Hall–Kier alpha value is -0.860. The molecule has 1 aliphatic rings. The predicted octanol–water partition coefficient (Wildman–Crippen LogP) is 3.29. The maximum Gasteiger partial charge on any atom is 0.0700 e. The average Bonchev–Trinajstić information content (AvgIpc) is 2.76. The molecule has 0 saturated carbocycles. The van der Waals surface area contributed by atoms with E-state index in [1.807, 2.05) is 0 Å². The van der Waals surface area contributed by atoms with Gasteiger partial charge in [-0.15, -0.1) is 0 Å². The second-order valence-corrected chi connectivity index (χ2v) is 4.89. The van der Waals surface area contributed by atoms with Crippen LogP contribution in [-0.4, -0.2) is 18.8 Å². The molecule has 0 spiro atoms. The zero-order chi connectivity index (χ0) is 12.1. The fraction of sp³-hybridized carbons (Fsp3) is 0.600. The summed E-state index contributed by atoms with van der Waals surface area (Å²) in [6.07, 6.45) is 3.87. The average molecular weight is 233 g/mol. The molecular formula is C15H23NO. The Morgan fingerprint density at radius 3 is 2.71 bits per heavy atom. The van der Waals surface area contributed by atoms with Crippen LogP contribution in [0.5, 0.6) is 0 Å². The first-order valence-electron chi connectivity index (χ1n) is 6.74. The highest BCUT2D eigenvalue weighted by Gasteiger charge is 2.26. The maximum atomic E-state index is 5.62. The largest absolute Gasteiger partial charge is 0.377 e. The summed E-state index contributed by atoms with van der Waals surface area (Å²) in [6, 6.07) is 11.7. The normalized spacial score (nSPS) is 26.0. The van der Waals surface area contributed by atoms with E-state index in [1.165, 1.54) is 18.4 Å². The molecule has 2 nitrogen and oxygen atoms in total. The molecule has 94 valence electrons. The van der Waals surface area contributed by atoms with Crippen LogP contribution in [0.2, 0.25) is 0 Å². The van der Waals surface area contributed by atoms with Crippen LogP contribution in [0.1, 0.15) is 44.7 Å². The van der Waals surface area contributed by atoms with Gasteiger partial charge >= 0.3 is 0 Å². The fourth-order valence-corrected chi connectivity index (χ4v) is 2.53. The first kappa shape index (κ1) is 12.6. The van der Waals surface area contributed by atoms with Crippen LogP contribution >= 0.6 is 0 Å². The molecule has 0 radical (unpaired) electrons. The van der Waals surface area contributed by atoms with Crippen LogP contribution in [0.4, 0.5) is 0 Å². The second-order valence-electron chi connectivity index (χ2n) is 4.89. The molecule has 3 unspecified atom stereocenters. The number of hydrogen-bond donors (Lipinski definition) is 1. The lowest BCUT2D eigenvalue weighted by molar-refractivity contribution is 0.110. The van der Waals surface area contributed by atoms with Crippen molar-refractivity contribution in [2.24, 2.45) is 0 Å². The Labute approximate surface area is 104 Å². The molecular weight excluding hydrogens is 210 g/mol. The van der Waals surface area contributed by atoms with Crippen LogP contribution in [0.3, 0.4) is 0 Å². The van der Waals surface area contributed by atoms with Crippen molar-refractivity contribution < 1.29 is 4.74 Å². The number of nitrogens with one attached hydrogen (secondary N) is 1. The molecule has 0 bridgehead atoms. The Morgan fingerprint density at radius 1 is 1.35 bits per heavy atom. The van der Waals surface area contributed by atoms with Gasteiger partial charge in [-0.05, 0) is 25.3 Å². The molecule has 0 aliphatic carbocycles. The van der Waals surface area contributed by atoms with Gasteiger partial charge in [0.15, 0.2) is 0 Å². The van der Waals surface area contributed by atoms with E-state index in [2.05, 4.69) is 49.5 Å². The minimum atomic E-state index is 0.345. The lowest BCUT2D eigenvalue weighted by Crippen LogP contribution is -2.37. The third-order valence-electron chi connectivity index (χ3n) is 3.57. The molecule has 1 fully saturated rings. The molecule has 17 heavy (non-hydrogen) atoms. The van der Waals surface area contributed by atoms with Crippen LogP contribution in [0.15, 0.2) is 30.3 Å². The van der Waals surface area contributed by atoms with E-state index in [1.54, 1.807) is 0 Å². The Kier molecular flexibility index (Phi) is 4.57. The maximum absolute atomic E-state index is 5.62. The summed E-state index contributed by atoms with van der Waals surface area (Å²) in [5.41, 5.74) is 1.40. The van der Waals surface area contributed by atoms with Crippen LogP contribution < -0.4 is 5.32 Å². The van der Waals surface area contributed by atoms with Crippen molar-refractivity contribution in [3.05, 3.63) is 35.9 Å². The van der Waals surface area contributed by atoms with Crippen molar-refractivity contribution in [3.8, 4) is 0 Å². The van der Waals surface area contributed by atoms with Crippen LogP contribution in [0.25, 0.3) is 0 Å². The van der Waals surface area contributed by atoms with E-state index < -0.39 is 0 Å². The summed E-state index contributed by atoms with van der Waals surface area (Å²) in [6.45, 7) is 5.30. The van der Waals surface area contributed by atoms with Gasteiger partial charge < -0.3 is 10.1 Å². The van der Waals surface area contributed by atoms with Crippen LogP contribution in [-0.2, 0) is 4.74 Å². The van der Waals surface area contributed by atoms with Gasteiger partial charge in [-0.25, -0.2) is 0 Å². The molecule has 1 saturated heterocycles. The van der Waals surface area contributed by atoms with Gasteiger partial charge in [0.2, 0.25) is 0 Å². The lowest BCUT2D eigenvalue weighted by Gasteiger charge is -2.25. The highest BCUT2D eigenvalue weighted by Crippen LogP contribution is 2.22. The smallest absolute Gasteiger partial charge is 0.0700 e. The van der Waals surface area contributed by atoms with E-state index in [4.69, 9.17) is 4.74 Å². The molecule has 1 aromatic carbocycles.